The first-order valence-electron chi connectivity index (χ1n) is 7.90. The van der Waals surface area contributed by atoms with Crippen molar-refractivity contribution in [3.63, 3.8) is 0 Å². The Morgan fingerprint density at radius 2 is 1.81 bits per heavy atom. The van der Waals surface area contributed by atoms with E-state index in [1.165, 1.54) is 12.1 Å². The van der Waals surface area contributed by atoms with Gasteiger partial charge in [-0.2, -0.15) is 8.78 Å². The summed E-state index contributed by atoms with van der Waals surface area (Å²) in [4.78, 5) is 12.3. The molecule has 0 radical (unpaired) electrons. The topological polar surface area (TPSA) is 76.4 Å². The van der Waals surface area contributed by atoms with E-state index in [-0.39, 0.29) is 30.1 Å². The fourth-order valence-electron chi connectivity index (χ4n) is 2.17. The molecule has 0 saturated heterocycles. The minimum atomic E-state index is -2.86. The summed E-state index contributed by atoms with van der Waals surface area (Å²) >= 11 is 0. The highest BCUT2D eigenvalue weighted by Crippen LogP contribution is 2.23. The van der Waals surface area contributed by atoms with Crippen LogP contribution in [0.25, 0.3) is 0 Å². The lowest BCUT2D eigenvalue weighted by molar-refractivity contribution is -0.0498. The molecule has 1 amide bonds. The lowest BCUT2D eigenvalue weighted by Crippen LogP contribution is -2.29. The van der Waals surface area contributed by atoms with E-state index in [1.807, 2.05) is 6.92 Å². The standard InChI is InChI=1S/C18H21F2N3O2.ClH/c1-12(21)10-11-22-17(24)15-4-2-3-5-16(15)23-13-6-8-14(9-7-13)25-18(19)20;/h2-9,12,18,23H,10-11,21H2,1H3,(H,22,24);1H. The van der Waals surface area contributed by atoms with Crippen molar-refractivity contribution in [2.45, 2.75) is 26.0 Å². The first kappa shape index (κ1) is 21.7. The van der Waals surface area contributed by atoms with Gasteiger partial charge in [-0.05, 0) is 49.7 Å². The van der Waals surface area contributed by atoms with Crippen molar-refractivity contribution >= 4 is 29.7 Å². The number of hydrogen-bond acceptors (Lipinski definition) is 4. The number of carbonyl (C=O) groups is 1. The van der Waals surface area contributed by atoms with Gasteiger partial charge in [-0.3, -0.25) is 4.79 Å². The number of para-hydroxylation sites is 1. The average molecular weight is 386 g/mol. The van der Waals surface area contributed by atoms with Crippen LogP contribution in [-0.2, 0) is 0 Å². The number of carbonyl (C=O) groups excluding carboxylic acids is 1. The van der Waals surface area contributed by atoms with Crippen molar-refractivity contribution in [3.8, 4) is 5.75 Å². The molecular weight excluding hydrogens is 364 g/mol. The van der Waals surface area contributed by atoms with Crippen LogP contribution in [0.2, 0.25) is 0 Å². The molecule has 142 valence electrons. The monoisotopic (exact) mass is 385 g/mol. The van der Waals surface area contributed by atoms with E-state index in [0.29, 0.717) is 29.9 Å². The van der Waals surface area contributed by atoms with Gasteiger partial charge in [-0.1, -0.05) is 12.1 Å². The number of anilines is 2. The maximum absolute atomic E-state index is 12.3. The van der Waals surface area contributed by atoms with Crippen LogP contribution in [0.1, 0.15) is 23.7 Å². The van der Waals surface area contributed by atoms with E-state index in [4.69, 9.17) is 5.73 Å². The number of halogens is 3. The minimum absolute atomic E-state index is 0. The van der Waals surface area contributed by atoms with Crippen LogP contribution < -0.4 is 21.1 Å². The third kappa shape index (κ3) is 6.85. The smallest absolute Gasteiger partial charge is 0.387 e. The second kappa shape index (κ2) is 10.6. The molecule has 5 nitrogen and oxygen atoms in total. The second-order valence-electron chi connectivity index (χ2n) is 5.60. The van der Waals surface area contributed by atoms with E-state index in [2.05, 4.69) is 15.4 Å². The number of hydrogen-bond donors (Lipinski definition) is 3. The number of nitrogens with one attached hydrogen (secondary N) is 2. The average Bonchev–Trinajstić information content (AvgIpc) is 2.56. The molecule has 0 fully saturated rings. The van der Waals surface area contributed by atoms with Gasteiger partial charge in [0.25, 0.3) is 5.91 Å². The van der Waals surface area contributed by atoms with Crippen molar-refractivity contribution in [2.24, 2.45) is 5.73 Å². The van der Waals surface area contributed by atoms with Gasteiger partial charge in [-0.15, -0.1) is 12.4 Å². The minimum Gasteiger partial charge on any atom is -0.435 e. The van der Waals surface area contributed by atoms with Gasteiger partial charge >= 0.3 is 6.61 Å². The molecule has 0 aliphatic carbocycles. The van der Waals surface area contributed by atoms with Gasteiger partial charge in [-0.25, -0.2) is 0 Å². The Hall–Kier alpha value is -2.38. The molecule has 2 aromatic rings. The summed E-state index contributed by atoms with van der Waals surface area (Å²) in [6, 6.07) is 13.1. The first-order valence-corrected chi connectivity index (χ1v) is 7.90. The number of alkyl halides is 2. The molecule has 0 heterocycles. The summed E-state index contributed by atoms with van der Waals surface area (Å²) in [5.41, 5.74) is 7.42. The van der Waals surface area contributed by atoms with Crippen LogP contribution in [0.5, 0.6) is 5.75 Å². The molecular formula is C18H22ClF2N3O2. The normalized spacial score (nSPS) is 11.4. The zero-order valence-electron chi connectivity index (χ0n) is 14.2. The van der Waals surface area contributed by atoms with Gasteiger partial charge in [0.1, 0.15) is 5.75 Å². The molecule has 2 rings (SSSR count). The Labute approximate surface area is 157 Å². The molecule has 0 aromatic heterocycles. The molecule has 2 aromatic carbocycles. The van der Waals surface area contributed by atoms with Crippen LogP contribution >= 0.6 is 12.4 Å². The molecule has 4 N–H and O–H groups in total. The van der Waals surface area contributed by atoms with Crippen molar-refractivity contribution in [3.05, 3.63) is 54.1 Å². The number of benzene rings is 2. The van der Waals surface area contributed by atoms with E-state index >= 15 is 0 Å². The highest BCUT2D eigenvalue weighted by atomic mass is 35.5. The van der Waals surface area contributed by atoms with Crippen molar-refractivity contribution < 1.29 is 18.3 Å². The second-order valence-corrected chi connectivity index (χ2v) is 5.60. The van der Waals surface area contributed by atoms with E-state index < -0.39 is 6.61 Å². The van der Waals surface area contributed by atoms with Gasteiger partial charge in [0.15, 0.2) is 0 Å². The van der Waals surface area contributed by atoms with E-state index in [9.17, 15) is 13.6 Å². The predicted octanol–water partition coefficient (Wildman–Crippen LogP) is 3.92. The highest BCUT2D eigenvalue weighted by Gasteiger charge is 2.11. The van der Waals surface area contributed by atoms with Crippen LogP contribution in [0.4, 0.5) is 20.2 Å². The predicted molar refractivity (Wildman–Crippen MR) is 101 cm³/mol. The third-order valence-corrected chi connectivity index (χ3v) is 3.42. The zero-order valence-corrected chi connectivity index (χ0v) is 15.1. The molecule has 0 aliphatic heterocycles. The van der Waals surface area contributed by atoms with Gasteiger partial charge in [0, 0.05) is 18.3 Å². The van der Waals surface area contributed by atoms with Crippen molar-refractivity contribution in [1.82, 2.24) is 5.32 Å². The van der Waals surface area contributed by atoms with Gasteiger partial charge < -0.3 is 21.1 Å². The quantitative estimate of drug-likeness (QED) is 0.643. The van der Waals surface area contributed by atoms with Crippen LogP contribution in [0.3, 0.4) is 0 Å². The summed E-state index contributed by atoms with van der Waals surface area (Å²) in [7, 11) is 0. The Morgan fingerprint density at radius 1 is 1.15 bits per heavy atom. The maximum atomic E-state index is 12.3. The zero-order chi connectivity index (χ0) is 18.2. The van der Waals surface area contributed by atoms with E-state index in [0.717, 1.165) is 0 Å². The molecule has 0 spiro atoms. The fraction of sp³-hybridized carbons (Fsp3) is 0.278. The summed E-state index contributed by atoms with van der Waals surface area (Å²) in [5, 5.41) is 5.93. The molecule has 1 unspecified atom stereocenters. The molecule has 26 heavy (non-hydrogen) atoms. The Balaban J connectivity index is 0.00000338. The largest absolute Gasteiger partial charge is 0.435 e. The number of nitrogens with two attached hydrogens (primary N) is 1. The summed E-state index contributed by atoms with van der Waals surface area (Å²) < 4.78 is 28.7. The maximum Gasteiger partial charge on any atom is 0.387 e. The van der Waals surface area contributed by atoms with Crippen molar-refractivity contribution in [1.29, 1.82) is 0 Å². The summed E-state index contributed by atoms with van der Waals surface area (Å²) in [6.45, 7) is -0.493. The number of ether oxygens (including phenoxy) is 1. The lowest BCUT2D eigenvalue weighted by atomic mass is 10.1. The van der Waals surface area contributed by atoms with Crippen LogP contribution in [0.15, 0.2) is 48.5 Å². The van der Waals surface area contributed by atoms with Gasteiger partial charge in [0.05, 0.1) is 11.3 Å². The summed E-state index contributed by atoms with van der Waals surface area (Å²) in [6.07, 6.45) is 0.687. The van der Waals surface area contributed by atoms with Crippen LogP contribution in [-0.4, -0.2) is 25.1 Å². The Morgan fingerprint density at radius 3 is 2.42 bits per heavy atom. The lowest BCUT2D eigenvalue weighted by Gasteiger charge is -2.13. The molecule has 0 aliphatic rings. The molecule has 8 heteroatoms. The number of amides is 1. The van der Waals surface area contributed by atoms with Crippen LogP contribution in [0, 0.1) is 0 Å². The fourth-order valence-corrected chi connectivity index (χ4v) is 2.17. The molecule has 1 atom stereocenters. The Bertz CT molecular complexity index is 697. The molecule has 0 bridgehead atoms. The highest BCUT2D eigenvalue weighted by molar-refractivity contribution is 6.00. The SMILES string of the molecule is CC(N)CCNC(=O)c1ccccc1Nc1ccc(OC(F)F)cc1.Cl. The molecule has 0 saturated carbocycles. The Kier molecular flexibility index (Phi) is 8.81. The van der Waals surface area contributed by atoms with Gasteiger partial charge in [0.2, 0.25) is 0 Å². The third-order valence-electron chi connectivity index (χ3n) is 3.42. The summed E-state index contributed by atoms with van der Waals surface area (Å²) in [5.74, 6) is -0.135. The van der Waals surface area contributed by atoms with E-state index in [1.54, 1.807) is 36.4 Å². The van der Waals surface area contributed by atoms with Crippen molar-refractivity contribution in [2.75, 3.05) is 11.9 Å². The first-order chi connectivity index (χ1) is 12.0. The number of rotatable bonds is 8.